The second kappa shape index (κ2) is 5.26. The second-order valence-electron chi connectivity index (χ2n) is 8.78. The lowest BCUT2D eigenvalue weighted by Gasteiger charge is -2.56. The molecule has 4 bridgehead atoms. The summed E-state index contributed by atoms with van der Waals surface area (Å²) in [6.45, 7) is 1.77. The standard InChI is InChI=1S/C20H24N2O2S/c1-13-19(22-18-5-3-2-4-17(18)21-13)25(23,24)12-20-9-14-6-15(10-20)8-16(7-14)11-20/h2-5,14-16H,6-12H2,1H3. The Kier molecular flexibility index (Phi) is 3.31. The van der Waals surface area contributed by atoms with Gasteiger partial charge in [-0.2, -0.15) is 0 Å². The molecule has 0 saturated heterocycles. The van der Waals surface area contributed by atoms with E-state index in [0.717, 1.165) is 42.5 Å². The first-order valence-electron chi connectivity index (χ1n) is 9.39. The van der Waals surface area contributed by atoms with Crippen LogP contribution in [-0.4, -0.2) is 24.1 Å². The third-order valence-corrected chi connectivity index (χ3v) is 8.63. The molecule has 0 atom stereocenters. The average molecular weight is 356 g/mol. The van der Waals surface area contributed by atoms with E-state index in [9.17, 15) is 8.42 Å². The molecule has 5 heteroatoms. The van der Waals surface area contributed by atoms with Crippen molar-refractivity contribution in [2.24, 2.45) is 23.2 Å². The molecule has 0 radical (unpaired) electrons. The number of hydrogen-bond acceptors (Lipinski definition) is 4. The maximum atomic E-state index is 13.3. The van der Waals surface area contributed by atoms with Crippen molar-refractivity contribution in [2.45, 2.75) is 50.5 Å². The predicted octanol–water partition coefficient (Wildman–Crippen LogP) is 3.93. The van der Waals surface area contributed by atoms with Gasteiger partial charge in [0.2, 0.25) is 0 Å². The fourth-order valence-corrected chi connectivity index (χ4v) is 8.33. The van der Waals surface area contributed by atoms with E-state index in [0.29, 0.717) is 11.2 Å². The first-order valence-corrected chi connectivity index (χ1v) is 11.0. The van der Waals surface area contributed by atoms with Gasteiger partial charge in [-0.05, 0) is 80.8 Å². The number of hydrogen-bond donors (Lipinski definition) is 0. The normalized spacial score (nSPS) is 33.9. The third-order valence-electron chi connectivity index (χ3n) is 6.66. The van der Waals surface area contributed by atoms with Crippen molar-refractivity contribution < 1.29 is 8.42 Å². The molecule has 4 fully saturated rings. The molecule has 1 aromatic heterocycles. The smallest absolute Gasteiger partial charge is 0.198 e. The molecule has 4 saturated carbocycles. The Morgan fingerprint density at radius 3 is 2.04 bits per heavy atom. The zero-order chi connectivity index (χ0) is 17.2. The number of para-hydroxylation sites is 2. The minimum Gasteiger partial charge on any atom is -0.248 e. The molecule has 132 valence electrons. The molecular weight excluding hydrogens is 332 g/mol. The fraction of sp³-hybridized carbons (Fsp3) is 0.600. The van der Waals surface area contributed by atoms with Crippen molar-refractivity contribution >= 4 is 20.9 Å². The van der Waals surface area contributed by atoms with E-state index < -0.39 is 9.84 Å². The Morgan fingerprint density at radius 1 is 0.960 bits per heavy atom. The van der Waals surface area contributed by atoms with Crippen LogP contribution in [-0.2, 0) is 9.84 Å². The minimum absolute atomic E-state index is 0.00660. The topological polar surface area (TPSA) is 59.9 Å². The van der Waals surface area contributed by atoms with E-state index >= 15 is 0 Å². The van der Waals surface area contributed by atoms with Crippen LogP contribution in [0.2, 0.25) is 0 Å². The van der Waals surface area contributed by atoms with Gasteiger partial charge in [0.25, 0.3) is 0 Å². The maximum absolute atomic E-state index is 13.3. The molecule has 0 N–H and O–H groups in total. The average Bonchev–Trinajstić information content (AvgIpc) is 2.51. The molecule has 6 rings (SSSR count). The van der Waals surface area contributed by atoms with Gasteiger partial charge in [-0.15, -0.1) is 0 Å². The van der Waals surface area contributed by atoms with E-state index in [-0.39, 0.29) is 16.2 Å². The highest BCUT2D eigenvalue weighted by Gasteiger charge is 2.52. The first kappa shape index (κ1) is 15.7. The molecule has 0 spiro atoms. The maximum Gasteiger partial charge on any atom is 0.198 e. The highest BCUT2D eigenvalue weighted by molar-refractivity contribution is 7.91. The van der Waals surface area contributed by atoms with Crippen LogP contribution in [0.5, 0.6) is 0 Å². The van der Waals surface area contributed by atoms with Crippen LogP contribution in [0.25, 0.3) is 11.0 Å². The van der Waals surface area contributed by atoms with Crippen LogP contribution in [0.15, 0.2) is 29.3 Å². The lowest BCUT2D eigenvalue weighted by Crippen LogP contribution is -2.49. The van der Waals surface area contributed by atoms with Crippen LogP contribution in [0.4, 0.5) is 0 Å². The van der Waals surface area contributed by atoms with E-state index in [1.165, 1.54) is 19.3 Å². The monoisotopic (exact) mass is 356 g/mol. The molecule has 2 aromatic rings. The zero-order valence-electron chi connectivity index (χ0n) is 14.6. The summed E-state index contributed by atoms with van der Waals surface area (Å²) in [5, 5.41) is 0.196. The molecule has 0 amide bonds. The van der Waals surface area contributed by atoms with Gasteiger partial charge in [0.1, 0.15) is 0 Å². The summed E-state index contributed by atoms with van der Waals surface area (Å²) < 4.78 is 26.6. The Hall–Kier alpha value is -1.49. The SMILES string of the molecule is Cc1nc2ccccc2nc1S(=O)(=O)CC12CC3CC(CC(C3)C1)C2. The number of benzene rings is 1. The molecule has 1 aromatic carbocycles. The van der Waals surface area contributed by atoms with Crippen molar-refractivity contribution in [3.05, 3.63) is 30.0 Å². The lowest BCUT2D eigenvalue weighted by atomic mass is 9.50. The van der Waals surface area contributed by atoms with Crippen molar-refractivity contribution in [3.63, 3.8) is 0 Å². The first-order chi connectivity index (χ1) is 11.9. The van der Waals surface area contributed by atoms with Crippen LogP contribution >= 0.6 is 0 Å². The van der Waals surface area contributed by atoms with Gasteiger partial charge in [0.15, 0.2) is 14.9 Å². The highest BCUT2D eigenvalue weighted by Crippen LogP contribution is 2.60. The van der Waals surface area contributed by atoms with Gasteiger partial charge < -0.3 is 0 Å². The van der Waals surface area contributed by atoms with Crippen LogP contribution in [0.1, 0.15) is 44.2 Å². The highest BCUT2D eigenvalue weighted by atomic mass is 32.2. The summed E-state index contributed by atoms with van der Waals surface area (Å²) in [6, 6.07) is 7.50. The van der Waals surface area contributed by atoms with Gasteiger partial charge in [-0.1, -0.05) is 12.1 Å². The van der Waals surface area contributed by atoms with Crippen molar-refractivity contribution in [1.29, 1.82) is 0 Å². The lowest BCUT2D eigenvalue weighted by molar-refractivity contribution is -0.0390. The third kappa shape index (κ3) is 2.59. The van der Waals surface area contributed by atoms with E-state index in [2.05, 4.69) is 9.97 Å². The van der Waals surface area contributed by atoms with Crippen LogP contribution < -0.4 is 0 Å². The van der Waals surface area contributed by atoms with Crippen LogP contribution in [0, 0.1) is 30.1 Å². The molecule has 1 heterocycles. The van der Waals surface area contributed by atoms with E-state index in [1.54, 1.807) is 6.92 Å². The summed E-state index contributed by atoms with van der Waals surface area (Å²) in [6.07, 6.45) is 7.27. The van der Waals surface area contributed by atoms with E-state index in [1.807, 2.05) is 24.3 Å². The Bertz CT molecular complexity index is 916. The van der Waals surface area contributed by atoms with Gasteiger partial charge >= 0.3 is 0 Å². The van der Waals surface area contributed by atoms with Gasteiger partial charge in [-0.3, -0.25) is 0 Å². The van der Waals surface area contributed by atoms with Gasteiger partial charge in [0, 0.05) is 0 Å². The van der Waals surface area contributed by atoms with Crippen molar-refractivity contribution in [3.8, 4) is 0 Å². The Labute approximate surface area is 149 Å². The molecular formula is C20H24N2O2S. The number of fused-ring (bicyclic) bond motifs is 1. The minimum atomic E-state index is -3.42. The summed E-state index contributed by atoms with van der Waals surface area (Å²) in [5.41, 5.74) is 1.95. The summed E-state index contributed by atoms with van der Waals surface area (Å²) in [5.74, 6) is 2.53. The van der Waals surface area contributed by atoms with Crippen molar-refractivity contribution in [1.82, 2.24) is 9.97 Å². The van der Waals surface area contributed by atoms with Crippen molar-refractivity contribution in [2.75, 3.05) is 5.75 Å². The molecule has 4 aliphatic rings. The molecule has 0 unspecified atom stereocenters. The molecule has 0 aliphatic heterocycles. The number of rotatable bonds is 3. The largest absolute Gasteiger partial charge is 0.248 e. The molecule has 4 aliphatic carbocycles. The molecule has 25 heavy (non-hydrogen) atoms. The Morgan fingerprint density at radius 2 is 1.48 bits per heavy atom. The quantitative estimate of drug-likeness (QED) is 0.836. The number of aromatic nitrogens is 2. The van der Waals surface area contributed by atoms with Gasteiger partial charge in [0.05, 0.1) is 22.5 Å². The number of aryl methyl sites for hydroxylation is 1. The predicted molar refractivity (Wildman–Crippen MR) is 96.9 cm³/mol. The summed E-state index contributed by atoms with van der Waals surface area (Å²) >= 11 is 0. The van der Waals surface area contributed by atoms with Crippen LogP contribution in [0.3, 0.4) is 0 Å². The van der Waals surface area contributed by atoms with E-state index in [4.69, 9.17) is 0 Å². The zero-order valence-corrected chi connectivity index (χ0v) is 15.4. The summed E-state index contributed by atoms with van der Waals surface area (Å²) in [7, 11) is -3.42. The number of sulfone groups is 1. The second-order valence-corrected chi connectivity index (χ2v) is 10.7. The van der Waals surface area contributed by atoms with Gasteiger partial charge in [-0.25, -0.2) is 18.4 Å². The molecule has 4 nitrogen and oxygen atoms in total. The summed E-state index contributed by atoms with van der Waals surface area (Å²) in [4.78, 5) is 8.99. The fourth-order valence-electron chi connectivity index (χ4n) is 6.30. The Balaban J connectivity index is 1.52. The number of nitrogens with zero attached hydrogens (tertiary/aromatic N) is 2.